The van der Waals surface area contributed by atoms with Crippen molar-refractivity contribution in [3.05, 3.63) is 12.2 Å². The normalized spacial score (nSPS) is 23.0. The van der Waals surface area contributed by atoms with Crippen LogP contribution >= 0.6 is 0 Å². The summed E-state index contributed by atoms with van der Waals surface area (Å²) in [5.74, 6) is -0.319. The summed E-state index contributed by atoms with van der Waals surface area (Å²) in [6, 6.07) is -0.143. The number of carboxylic acids is 1. The Labute approximate surface area is 120 Å². The Hall–Kier alpha value is -1.36. The van der Waals surface area contributed by atoms with Crippen LogP contribution in [-0.2, 0) is 9.59 Å². The van der Waals surface area contributed by atoms with Gasteiger partial charge in [-0.15, -0.1) is 0 Å². The van der Waals surface area contributed by atoms with Gasteiger partial charge in [0.05, 0.1) is 5.92 Å². The number of nitrogens with two attached hydrogens (primary N) is 1. The standard InChI is InChI=1S/C15H26N2O3/c1-10(2)11(7-8-16)4-6-14(18)17-13-5-3-12(9-13)15(19)20/h3,5,10-13H,4,6-9,16H2,1-2H3,(H,17,18)(H,19,20). The van der Waals surface area contributed by atoms with Gasteiger partial charge in [-0.3, -0.25) is 9.59 Å². The highest BCUT2D eigenvalue weighted by Crippen LogP contribution is 2.21. The first kappa shape index (κ1) is 16.7. The largest absolute Gasteiger partial charge is 0.481 e. The van der Waals surface area contributed by atoms with Crippen molar-refractivity contribution in [3.8, 4) is 0 Å². The first-order valence-corrected chi connectivity index (χ1v) is 7.34. The van der Waals surface area contributed by atoms with E-state index in [1.807, 2.05) is 0 Å². The van der Waals surface area contributed by atoms with Crippen molar-refractivity contribution in [3.63, 3.8) is 0 Å². The molecule has 0 fully saturated rings. The SMILES string of the molecule is CC(C)C(CCN)CCC(=O)NC1C=CC(C(=O)O)C1. The fourth-order valence-corrected chi connectivity index (χ4v) is 2.61. The van der Waals surface area contributed by atoms with Crippen molar-refractivity contribution in [2.24, 2.45) is 23.5 Å². The third-order valence-electron chi connectivity index (χ3n) is 3.97. The van der Waals surface area contributed by atoms with Crippen LogP contribution in [0.3, 0.4) is 0 Å². The summed E-state index contributed by atoms with van der Waals surface area (Å²) in [4.78, 5) is 22.7. The van der Waals surface area contributed by atoms with Gasteiger partial charge in [0.2, 0.25) is 5.91 Å². The Balaban J connectivity index is 2.30. The first-order chi connectivity index (χ1) is 9.43. The van der Waals surface area contributed by atoms with Gasteiger partial charge in [-0.05, 0) is 37.6 Å². The van der Waals surface area contributed by atoms with Crippen LogP contribution in [0.15, 0.2) is 12.2 Å². The van der Waals surface area contributed by atoms with Crippen LogP contribution < -0.4 is 11.1 Å². The average molecular weight is 282 g/mol. The highest BCUT2D eigenvalue weighted by atomic mass is 16.4. The number of aliphatic carboxylic acids is 1. The fraction of sp³-hybridized carbons (Fsp3) is 0.733. The number of hydrogen-bond acceptors (Lipinski definition) is 3. The van der Waals surface area contributed by atoms with E-state index in [-0.39, 0.29) is 11.9 Å². The third-order valence-corrected chi connectivity index (χ3v) is 3.97. The number of carbonyl (C=O) groups is 2. The molecule has 5 nitrogen and oxygen atoms in total. The lowest BCUT2D eigenvalue weighted by atomic mass is 9.88. The predicted molar refractivity (Wildman–Crippen MR) is 78.0 cm³/mol. The van der Waals surface area contributed by atoms with Gasteiger partial charge >= 0.3 is 5.97 Å². The highest BCUT2D eigenvalue weighted by Gasteiger charge is 2.25. The van der Waals surface area contributed by atoms with Crippen LogP contribution in [-0.4, -0.2) is 29.6 Å². The maximum absolute atomic E-state index is 11.9. The molecule has 20 heavy (non-hydrogen) atoms. The molecule has 0 aromatic rings. The second kappa shape index (κ2) is 8.04. The summed E-state index contributed by atoms with van der Waals surface area (Å²) in [7, 11) is 0. The van der Waals surface area contributed by atoms with Crippen molar-refractivity contribution in [2.75, 3.05) is 6.54 Å². The van der Waals surface area contributed by atoms with Crippen LogP contribution in [0.1, 0.15) is 39.5 Å². The molecule has 0 radical (unpaired) electrons. The van der Waals surface area contributed by atoms with Gasteiger partial charge in [0.1, 0.15) is 0 Å². The summed E-state index contributed by atoms with van der Waals surface area (Å²) in [6.45, 7) is 4.95. The van der Waals surface area contributed by atoms with Crippen molar-refractivity contribution < 1.29 is 14.7 Å². The second-order valence-corrected chi connectivity index (χ2v) is 5.86. The molecule has 0 heterocycles. The van der Waals surface area contributed by atoms with Crippen molar-refractivity contribution in [1.82, 2.24) is 5.32 Å². The first-order valence-electron chi connectivity index (χ1n) is 7.34. The molecule has 0 spiro atoms. The van der Waals surface area contributed by atoms with Gasteiger partial charge in [-0.2, -0.15) is 0 Å². The summed E-state index contributed by atoms with van der Waals surface area (Å²) >= 11 is 0. The minimum absolute atomic E-state index is 0.00615. The molecule has 0 bridgehead atoms. The van der Waals surface area contributed by atoms with Crippen LogP contribution in [0.4, 0.5) is 0 Å². The van der Waals surface area contributed by atoms with E-state index in [9.17, 15) is 9.59 Å². The predicted octanol–water partition coefficient (Wildman–Crippen LogP) is 1.53. The van der Waals surface area contributed by atoms with Gasteiger partial charge in [0.15, 0.2) is 0 Å². The zero-order valence-corrected chi connectivity index (χ0v) is 12.3. The van der Waals surface area contributed by atoms with Crippen molar-refractivity contribution in [2.45, 2.75) is 45.6 Å². The molecule has 5 heteroatoms. The Bertz CT molecular complexity index is 366. The minimum Gasteiger partial charge on any atom is -0.481 e. The van der Waals surface area contributed by atoms with Crippen LogP contribution in [0, 0.1) is 17.8 Å². The van der Waals surface area contributed by atoms with Gasteiger partial charge in [-0.25, -0.2) is 0 Å². The molecule has 0 aromatic carbocycles. The van der Waals surface area contributed by atoms with Gasteiger partial charge in [0.25, 0.3) is 0 Å². The molecule has 0 saturated heterocycles. The minimum atomic E-state index is -0.833. The molecule has 1 aliphatic carbocycles. The molecular weight excluding hydrogens is 256 g/mol. The Kier molecular flexibility index (Phi) is 6.71. The van der Waals surface area contributed by atoms with E-state index in [1.165, 1.54) is 0 Å². The second-order valence-electron chi connectivity index (χ2n) is 5.86. The summed E-state index contributed by atoms with van der Waals surface area (Å²) in [5, 5.41) is 11.8. The zero-order valence-electron chi connectivity index (χ0n) is 12.3. The van der Waals surface area contributed by atoms with E-state index in [1.54, 1.807) is 12.2 Å². The molecule has 0 aliphatic heterocycles. The Morgan fingerprint density at radius 1 is 1.35 bits per heavy atom. The van der Waals surface area contributed by atoms with E-state index in [0.717, 1.165) is 12.8 Å². The molecule has 1 rings (SSSR count). The Morgan fingerprint density at radius 2 is 2.05 bits per heavy atom. The lowest BCUT2D eigenvalue weighted by Gasteiger charge is -2.20. The lowest BCUT2D eigenvalue weighted by molar-refractivity contribution is -0.140. The molecule has 3 atom stereocenters. The molecule has 3 unspecified atom stereocenters. The van der Waals surface area contributed by atoms with Gasteiger partial charge in [0, 0.05) is 12.5 Å². The van der Waals surface area contributed by atoms with Crippen molar-refractivity contribution >= 4 is 11.9 Å². The van der Waals surface area contributed by atoms with E-state index in [0.29, 0.717) is 31.2 Å². The number of amides is 1. The molecule has 1 aliphatic rings. The van der Waals surface area contributed by atoms with Crippen LogP contribution in [0.2, 0.25) is 0 Å². The maximum Gasteiger partial charge on any atom is 0.310 e. The van der Waals surface area contributed by atoms with Crippen molar-refractivity contribution in [1.29, 1.82) is 0 Å². The monoisotopic (exact) mass is 282 g/mol. The lowest BCUT2D eigenvalue weighted by Crippen LogP contribution is -2.33. The maximum atomic E-state index is 11.9. The van der Waals surface area contributed by atoms with Crippen LogP contribution in [0.25, 0.3) is 0 Å². The number of nitrogens with one attached hydrogen (secondary N) is 1. The average Bonchev–Trinajstić information content (AvgIpc) is 2.82. The van der Waals surface area contributed by atoms with Gasteiger partial charge < -0.3 is 16.2 Å². The molecule has 114 valence electrons. The number of hydrogen-bond donors (Lipinski definition) is 3. The third kappa shape index (κ3) is 5.33. The van der Waals surface area contributed by atoms with Crippen LogP contribution in [0.5, 0.6) is 0 Å². The molecule has 0 aromatic heterocycles. The van der Waals surface area contributed by atoms with E-state index in [4.69, 9.17) is 10.8 Å². The smallest absolute Gasteiger partial charge is 0.310 e. The molecule has 4 N–H and O–H groups in total. The summed E-state index contributed by atoms with van der Waals surface area (Å²) in [6.07, 6.45) is 6.13. The summed E-state index contributed by atoms with van der Waals surface area (Å²) < 4.78 is 0. The van der Waals surface area contributed by atoms with Gasteiger partial charge in [-0.1, -0.05) is 26.0 Å². The van der Waals surface area contributed by atoms with E-state index < -0.39 is 11.9 Å². The highest BCUT2D eigenvalue weighted by molar-refractivity contribution is 5.77. The van der Waals surface area contributed by atoms with E-state index >= 15 is 0 Å². The zero-order chi connectivity index (χ0) is 15.1. The quantitative estimate of drug-likeness (QED) is 0.589. The topological polar surface area (TPSA) is 92.4 Å². The number of carboxylic acid groups (broad SMARTS) is 1. The summed E-state index contributed by atoms with van der Waals surface area (Å²) in [5.41, 5.74) is 5.58. The van der Waals surface area contributed by atoms with E-state index in [2.05, 4.69) is 19.2 Å². The Morgan fingerprint density at radius 3 is 2.55 bits per heavy atom. The molecule has 0 saturated carbocycles. The number of rotatable bonds is 8. The fourth-order valence-electron chi connectivity index (χ4n) is 2.61. The molecule has 1 amide bonds. The molecular formula is C15H26N2O3. The number of carbonyl (C=O) groups excluding carboxylic acids is 1.